The Kier molecular flexibility index (Phi) is 6.57. The molecule has 3 aromatic heterocycles. The van der Waals surface area contributed by atoms with Crippen LogP contribution >= 0.6 is 0 Å². The predicted octanol–water partition coefficient (Wildman–Crippen LogP) is 4.64. The monoisotopic (exact) mass is 462 g/mol. The van der Waals surface area contributed by atoms with Gasteiger partial charge in [0.1, 0.15) is 12.4 Å². The van der Waals surface area contributed by atoms with Crippen molar-refractivity contribution in [3.63, 3.8) is 0 Å². The number of benzene rings is 1. The van der Waals surface area contributed by atoms with Gasteiger partial charge in [-0.25, -0.2) is 8.42 Å². The Balaban J connectivity index is 1.75. The summed E-state index contributed by atoms with van der Waals surface area (Å²) in [5.74, 6) is 0.557. The summed E-state index contributed by atoms with van der Waals surface area (Å²) < 4.78 is 31.0. The highest BCUT2D eigenvalue weighted by atomic mass is 32.2. The van der Waals surface area contributed by atoms with E-state index < -0.39 is 10.0 Å². The molecule has 8 heteroatoms. The van der Waals surface area contributed by atoms with Crippen LogP contribution in [0.3, 0.4) is 0 Å². The van der Waals surface area contributed by atoms with Crippen LogP contribution in [0.2, 0.25) is 0 Å². The third-order valence-corrected chi connectivity index (χ3v) is 7.01. The van der Waals surface area contributed by atoms with Crippen LogP contribution < -0.4 is 4.74 Å². The summed E-state index contributed by atoms with van der Waals surface area (Å²) in [5, 5.41) is 0.927. The summed E-state index contributed by atoms with van der Waals surface area (Å²) in [4.78, 5) is 12.4. The van der Waals surface area contributed by atoms with Gasteiger partial charge in [0.05, 0.1) is 22.9 Å². The van der Waals surface area contributed by atoms with E-state index in [4.69, 9.17) is 4.74 Å². The van der Waals surface area contributed by atoms with Gasteiger partial charge in [0.25, 0.3) is 0 Å². The molecule has 0 saturated heterocycles. The minimum Gasteiger partial charge on any atom is -0.490 e. The number of sulfonamides is 1. The van der Waals surface area contributed by atoms with Gasteiger partial charge in [-0.3, -0.25) is 9.97 Å². The molecule has 0 aliphatic carbocycles. The van der Waals surface area contributed by atoms with Crippen molar-refractivity contribution < 1.29 is 13.2 Å². The predicted molar refractivity (Wildman–Crippen MR) is 131 cm³/mol. The molecule has 0 amide bonds. The summed E-state index contributed by atoms with van der Waals surface area (Å²) >= 11 is 0. The molecule has 0 bridgehead atoms. The first kappa shape index (κ1) is 22.7. The van der Waals surface area contributed by atoms with E-state index in [2.05, 4.69) is 52.7 Å². The number of ether oxygens (including phenoxy) is 1. The zero-order chi connectivity index (χ0) is 23.4. The van der Waals surface area contributed by atoms with Crippen molar-refractivity contribution in [2.45, 2.75) is 13.3 Å². The van der Waals surface area contributed by atoms with E-state index in [1.54, 1.807) is 18.6 Å². The van der Waals surface area contributed by atoms with E-state index in [1.807, 2.05) is 18.2 Å². The van der Waals surface area contributed by atoms with Gasteiger partial charge in [-0.15, -0.1) is 0 Å². The maximum absolute atomic E-state index is 11.9. The normalized spacial score (nSPS) is 11.7. The van der Waals surface area contributed by atoms with Crippen LogP contribution in [0.25, 0.3) is 33.4 Å². The molecular formula is C25H26N4O3S. The third kappa shape index (κ3) is 4.67. The quantitative estimate of drug-likeness (QED) is 0.392. The molecule has 0 unspecified atom stereocenters. The van der Waals surface area contributed by atoms with Crippen LogP contribution in [-0.4, -0.2) is 47.9 Å². The summed E-state index contributed by atoms with van der Waals surface area (Å²) in [7, 11) is -2.00. The van der Waals surface area contributed by atoms with Crippen molar-refractivity contribution in [1.82, 2.24) is 19.3 Å². The minimum absolute atomic E-state index is 0.168. The van der Waals surface area contributed by atoms with Crippen LogP contribution in [0.4, 0.5) is 0 Å². The van der Waals surface area contributed by atoms with Crippen LogP contribution in [0, 0.1) is 0 Å². The van der Waals surface area contributed by atoms with E-state index in [9.17, 15) is 8.42 Å². The number of hydrogen-bond acceptors (Lipinski definition) is 5. The number of nitrogens with one attached hydrogen (secondary N) is 1. The number of likely N-dealkylation sites (N-methyl/N-ethyl adjacent to an activating group) is 1. The zero-order valence-corrected chi connectivity index (χ0v) is 19.5. The fourth-order valence-corrected chi connectivity index (χ4v) is 4.27. The summed E-state index contributed by atoms with van der Waals surface area (Å²) in [6.07, 6.45) is 6.07. The number of fused-ring (bicyclic) bond motifs is 1. The lowest BCUT2D eigenvalue weighted by molar-refractivity contribution is 0.288. The Morgan fingerprint density at radius 1 is 1.18 bits per heavy atom. The Morgan fingerprint density at radius 3 is 2.82 bits per heavy atom. The van der Waals surface area contributed by atoms with Gasteiger partial charge >= 0.3 is 0 Å². The second-order valence-electron chi connectivity index (χ2n) is 7.58. The molecule has 1 N–H and O–H groups in total. The second kappa shape index (κ2) is 9.56. The molecule has 0 saturated carbocycles. The van der Waals surface area contributed by atoms with Gasteiger partial charge in [0, 0.05) is 42.5 Å². The van der Waals surface area contributed by atoms with Crippen molar-refractivity contribution in [3.05, 3.63) is 78.6 Å². The summed E-state index contributed by atoms with van der Waals surface area (Å²) in [6, 6.07) is 14.2. The molecule has 33 heavy (non-hydrogen) atoms. The first-order valence-electron chi connectivity index (χ1n) is 10.7. The summed E-state index contributed by atoms with van der Waals surface area (Å²) in [6.45, 7) is 5.84. The highest BCUT2D eigenvalue weighted by Crippen LogP contribution is 2.40. The average molecular weight is 463 g/mol. The number of rotatable bonds is 9. The van der Waals surface area contributed by atoms with Crippen molar-refractivity contribution >= 4 is 21.1 Å². The van der Waals surface area contributed by atoms with Crippen molar-refractivity contribution in [2.24, 2.45) is 0 Å². The fourth-order valence-electron chi connectivity index (χ4n) is 3.69. The average Bonchev–Trinajstić information content (AvgIpc) is 3.23. The van der Waals surface area contributed by atoms with Crippen LogP contribution in [-0.2, 0) is 16.4 Å². The van der Waals surface area contributed by atoms with Gasteiger partial charge < -0.3 is 9.72 Å². The lowest BCUT2D eigenvalue weighted by atomic mass is 9.98. The number of hydrogen-bond donors (Lipinski definition) is 1. The van der Waals surface area contributed by atoms with E-state index >= 15 is 0 Å². The van der Waals surface area contributed by atoms with Crippen molar-refractivity contribution in [3.8, 4) is 28.1 Å². The molecule has 170 valence electrons. The van der Waals surface area contributed by atoms with Gasteiger partial charge in [0.2, 0.25) is 10.0 Å². The zero-order valence-electron chi connectivity index (χ0n) is 18.7. The largest absolute Gasteiger partial charge is 0.490 e. The van der Waals surface area contributed by atoms with E-state index in [0.717, 1.165) is 45.2 Å². The molecule has 0 fully saturated rings. The lowest BCUT2D eigenvalue weighted by Crippen LogP contribution is -2.29. The number of aromatic amines is 1. The molecule has 4 aromatic rings. The lowest BCUT2D eigenvalue weighted by Gasteiger charge is -2.16. The second-order valence-corrected chi connectivity index (χ2v) is 9.57. The number of pyridine rings is 2. The Bertz CT molecular complexity index is 1400. The standard InChI is InChI=1S/C25H26N4O3S/c1-4-18-8-6-9-19(16-18)23-24(28-21-10-7-12-27-25(21)23)20-11-13-26-17-22(20)32-15-14-29(3)33(30,31)5-2/h5-13,16-17,28H,2,4,14-15H2,1,3H3. The van der Waals surface area contributed by atoms with Crippen molar-refractivity contribution in [2.75, 3.05) is 20.2 Å². The SMILES string of the molecule is C=CS(=O)(=O)N(C)CCOc1cnccc1-c1[nH]c2cccnc2c1-c1cccc(CC)c1. The maximum atomic E-state index is 11.9. The molecule has 3 heterocycles. The molecule has 4 rings (SSSR count). The molecule has 0 spiro atoms. The van der Waals surface area contributed by atoms with Gasteiger partial charge in [-0.2, -0.15) is 4.31 Å². The first-order chi connectivity index (χ1) is 15.9. The molecule has 0 aliphatic heterocycles. The molecule has 0 radical (unpaired) electrons. The van der Waals surface area contributed by atoms with Crippen molar-refractivity contribution in [1.29, 1.82) is 0 Å². The number of nitrogens with zero attached hydrogens (tertiary/aromatic N) is 3. The van der Waals surface area contributed by atoms with Crippen LogP contribution in [0.1, 0.15) is 12.5 Å². The van der Waals surface area contributed by atoms with Crippen LogP contribution in [0.5, 0.6) is 5.75 Å². The fraction of sp³-hybridized carbons (Fsp3) is 0.200. The third-order valence-electron chi connectivity index (χ3n) is 5.54. The van der Waals surface area contributed by atoms with E-state index in [1.165, 1.54) is 16.9 Å². The highest BCUT2D eigenvalue weighted by Gasteiger charge is 2.20. The number of aromatic nitrogens is 3. The number of aryl methyl sites for hydroxylation is 1. The minimum atomic E-state index is -3.49. The summed E-state index contributed by atoms with van der Waals surface area (Å²) in [5.41, 5.74) is 6.79. The number of H-pyrrole nitrogens is 1. The highest BCUT2D eigenvalue weighted by molar-refractivity contribution is 7.91. The molecule has 7 nitrogen and oxygen atoms in total. The molecule has 0 atom stereocenters. The molecule has 0 aliphatic rings. The van der Waals surface area contributed by atoms with Gasteiger partial charge in [-0.05, 0) is 35.7 Å². The Hall–Kier alpha value is -3.49. The van der Waals surface area contributed by atoms with Crippen LogP contribution in [0.15, 0.2) is 73.0 Å². The van der Waals surface area contributed by atoms with E-state index in [0.29, 0.717) is 5.75 Å². The smallest absolute Gasteiger partial charge is 0.235 e. The maximum Gasteiger partial charge on any atom is 0.235 e. The first-order valence-corrected chi connectivity index (χ1v) is 12.2. The topological polar surface area (TPSA) is 88.2 Å². The Morgan fingerprint density at radius 2 is 2.03 bits per heavy atom. The molecular weight excluding hydrogens is 436 g/mol. The Labute approximate surface area is 193 Å². The van der Waals surface area contributed by atoms with E-state index in [-0.39, 0.29) is 13.2 Å². The van der Waals surface area contributed by atoms with Gasteiger partial charge in [0.15, 0.2) is 0 Å². The molecule has 1 aromatic carbocycles. The van der Waals surface area contributed by atoms with Gasteiger partial charge in [-0.1, -0.05) is 37.8 Å².